The minimum atomic E-state index is -3.80. The Balaban J connectivity index is 1.74. The van der Waals surface area contributed by atoms with Gasteiger partial charge in [-0.1, -0.05) is 47.2 Å². The molecule has 0 spiro atoms. The summed E-state index contributed by atoms with van der Waals surface area (Å²) in [5, 5.41) is 0.956. The Morgan fingerprint density at radius 1 is 1.07 bits per heavy atom. The van der Waals surface area contributed by atoms with Crippen LogP contribution in [0.4, 0.5) is 5.69 Å². The topological polar surface area (TPSA) is 72.0 Å². The molecule has 0 saturated heterocycles. The molecule has 2 aromatic heterocycles. The van der Waals surface area contributed by atoms with Crippen molar-refractivity contribution in [3.8, 4) is 10.6 Å². The molecule has 0 unspecified atom stereocenters. The number of aryl methyl sites for hydroxylation is 1. The average molecular weight is 416 g/mol. The molecule has 0 aliphatic rings. The highest BCUT2D eigenvalue weighted by atomic mass is 35.5. The number of benzene rings is 2. The number of hydrogen-bond acceptors (Lipinski definition) is 5. The Kier molecular flexibility index (Phi) is 4.59. The van der Waals surface area contributed by atoms with Crippen LogP contribution in [0.1, 0.15) is 5.56 Å². The molecule has 136 valence electrons. The van der Waals surface area contributed by atoms with E-state index in [1.807, 2.05) is 31.2 Å². The molecular weight excluding hydrogens is 402 g/mol. The van der Waals surface area contributed by atoms with Gasteiger partial charge in [-0.05, 0) is 42.8 Å². The van der Waals surface area contributed by atoms with Crippen molar-refractivity contribution in [2.75, 3.05) is 4.72 Å². The van der Waals surface area contributed by atoms with Crippen LogP contribution in [0.2, 0.25) is 5.02 Å². The van der Waals surface area contributed by atoms with Gasteiger partial charge < -0.3 is 0 Å². The van der Waals surface area contributed by atoms with Crippen molar-refractivity contribution in [2.24, 2.45) is 0 Å². The van der Waals surface area contributed by atoms with Crippen LogP contribution in [0.15, 0.2) is 65.7 Å². The summed E-state index contributed by atoms with van der Waals surface area (Å²) in [6.07, 6.45) is 1.72. The zero-order valence-electron chi connectivity index (χ0n) is 14.2. The second-order valence-electron chi connectivity index (χ2n) is 5.91. The van der Waals surface area contributed by atoms with E-state index >= 15 is 0 Å². The molecule has 0 saturated carbocycles. The van der Waals surface area contributed by atoms with Crippen LogP contribution in [0.3, 0.4) is 0 Å². The van der Waals surface area contributed by atoms with Gasteiger partial charge in [0.15, 0.2) is 0 Å². The number of aromatic nitrogens is 2. The molecule has 8 heteroatoms. The van der Waals surface area contributed by atoms with E-state index < -0.39 is 10.0 Å². The third-order valence-electron chi connectivity index (χ3n) is 4.02. The maximum Gasteiger partial charge on any atom is 0.263 e. The molecule has 0 bridgehead atoms. The van der Waals surface area contributed by atoms with E-state index in [4.69, 9.17) is 11.6 Å². The maximum atomic E-state index is 12.7. The number of fused-ring (bicyclic) bond motifs is 1. The number of rotatable bonds is 4. The number of nitrogens with zero attached hydrogens (tertiary/aromatic N) is 2. The van der Waals surface area contributed by atoms with Gasteiger partial charge in [-0.2, -0.15) is 0 Å². The number of nitrogens with one attached hydrogen (secondary N) is 1. The first-order chi connectivity index (χ1) is 12.9. The monoisotopic (exact) mass is 415 g/mol. The molecule has 0 radical (unpaired) electrons. The number of sulfonamides is 1. The predicted molar refractivity (Wildman–Crippen MR) is 110 cm³/mol. The molecule has 1 N–H and O–H groups in total. The van der Waals surface area contributed by atoms with Crippen LogP contribution in [0.5, 0.6) is 0 Å². The summed E-state index contributed by atoms with van der Waals surface area (Å²) in [4.78, 5) is 9.77. The quantitative estimate of drug-likeness (QED) is 0.502. The third kappa shape index (κ3) is 3.53. The second-order valence-corrected chi connectivity index (χ2v) is 8.95. The number of anilines is 1. The fourth-order valence-corrected chi connectivity index (χ4v) is 5.17. The summed E-state index contributed by atoms with van der Waals surface area (Å²) < 4.78 is 28.1. The molecule has 4 rings (SSSR count). The molecule has 0 atom stereocenters. The van der Waals surface area contributed by atoms with Crippen LogP contribution >= 0.6 is 22.9 Å². The standard InChI is InChI=1S/C19H14ClN3O2S2/c1-12-8-9-13(18-22-15-6-4-10-21-19(15)26-18)11-16(12)23-27(24,25)17-7-3-2-5-14(17)20/h2-11,23H,1H3. The van der Waals surface area contributed by atoms with Crippen molar-refractivity contribution in [2.45, 2.75) is 11.8 Å². The van der Waals surface area contributed by atoms with Gasteiger partial charge in [0, 0.05) is 11.8 Å². The molecular formula is C19H14ClN3O2S2. The maximum absolute atomic E-state index is 12.7. The van der Waals surface area contributed by atoms with Crippen LogP contribution in [0, 0.1) is 6.92 Å². The van der Waals surface area contributed by atoms with Gasteiger partial charge in [0.1, 0.15) is 20.3 Å². The smallest absolute Gasteiger partial charge is 0.263 e. The van der Waals surface area contributed by atoms with E-state index in [1.54, 1.807) is 30.5 Å². The van der Waals surface area contributed by atoms with Crippen LogP contribution < -0.4 is 4.72 Å². The highest BCUT2D eigenvalue weighted by molar-refractivity contribution is 7.92. The SMILES string of the molecule is Cc1ccc(-c2nc3cccnc3s2)cc1NS(=O)(=O)c1ccccc1Cl. The van der Waals surface area contributed by atoms with E-state index in [9.17, 15) is 8.42 Å². The Bertz CT molecular complexity index is 1220. The lowest BCUT2D eigenvalue weighted by Crippen LogP contribution is -2.14. The first-order valence-corrected chi connectivity index (χ1v) is 10.7. The lowest BCUT2D eigenvalue weighted by atomic mass is 10.1. The highest BCUT2D eigenvalue weighted by Crippen LogP contribution is 2.32. The van der Waals surface area contributed by atoms with Gasteiger partial charge in [0.2, 0.25) is 0 Å². The summed E-state index contributed by atoms with van der Waals surface area (Å²) >= 11 is 7.51. The third-order valence-corrected chi connectivity index (χ3v) is 6.91. The van der Waals surface area contributed by atoms with Crippen molar-refractivity contribution in [3.05, 3.63) is 71.4 Å². The Labute approximate surface area is 165 Å². The molecule has 0 fully saturated rings. The number of thiazole rings is 1. The predicted octanol–water partition coefficient (Wildman–Crippen LogP) is 5.12. The minimum absolute atomic E-state index is 0.0423. The van der Waals surface area contributed by atoms with E-state index in [2.05, 4.69) is 14.7 Å². The normalized spacial score (nSPS) is 11.6. The van der Waals surface area contributed by atoms with Gasteiger partial charge in [-0.3, -0.25) is 4.72 Å². The zero-order valence-corrected chi connectivity index (χ0v) is 16.6. The van der Waals surface area contributed by atoms with Gasteiger partial charge in [0.05, 0.1) is 10.7 Å². The summed E-state index contributed by atoms with van der Waals surface area (Å²) in [6, 6.07) is 15.6. The number of pyridine rings is 1. The van der Waals surface area contributed by atoms with Gasteiger partial charge in [0.25, 0.3) is 10.0 Å². The Morgan fingerprint density at radius 3 is 2.67 bits per heavy atom. The minimum Gasteiger partial charge on any atom is -0.279 e. The molecule has 0 aliphatic heterocycles. The average Bonchev–Trinajstić information content (AvgIpc) is 3.08. The summed E-state index contributed by atoms with van der Waals surface area (Å²) in [5.41, 5.74) is 2.92. The van der Waals surface area contributed by atoms with Gasteiger partial charge in [-0.15, -0.1) is 0 Å². The molecule has 0 amide bonds. The highest BCUT2D eigenvalue weighted by Gasteiger charge is 2.19. The zero-order chi connectivity index (χ0) is 19.0. The van der Waals surface area contributed by atoms with Gasteiger partial charge in [-0.25, -0.2) is 18.4 Å². The number of hydrogen-bond donors (Lipinski definition) is 1. The lowest BCUT2D eigenvalue weighted by Gasteiger charge is -2.12. The van der Waals surface area contributed by atoms with E-state index in [1.165, 1.54) is 17.4 Å². The fourth-order valence-electron chi connectivity index (χ4n) is 2.62. The first-order valence-electron chi connectivity index (χ1n) is 8.04. The van der Waals surface area contributed by atoms with Crippen LogP contribution in [-0.4, -0.2) is 18.4 Å². The van der Waals surface area contributed by atoms with Crippen molar-refractivity contribution in [3.63, 3.8) is 0 Å². The first kappa shape index (κ1) is 17.9. The lowest BCUT2D eigenvalue weighted by molar-refractivity contribution is 0.601. The molecule has 5 nitrogen and oxygen atoms in total. The van der Waals surface area contributed by atoms with Gasteiger partial charge >= 0.3 is 0 Å². The molecule has 2 heterocycles. The van der Waals surface area contributed by atoms with Crippen LogP contribution in [0.25, 0.3) is 20.9 Å². The van der Waals surface area contributed by atoms with Crippen molar-refractivity contribution >= 4 is 49.0 Å². The summed E-state index contributed by atoms with van der Waals surface area (Å²) in [6.45, 7) is 1.84. The Hall–Kier alpha value is -2.48. The van der Waals surface area contributed by atoms with E-state index in [0.29, 0.717) is 5.69 Å². The molecule has 2 aromatic carbocycles. The van der Waals surface area contributed by atoms with Crippen molar-refractivity contribution in [1.82, 2.24) is 9.97 Å². The Morgan fingerprint density at radius 2 is 1.89 bits per heavy atom. The summed E-state index contributed by atoms with van der Waals surface area (Å²) in [5.74, 6) is 0. The molecule has 27 heavy (non-hydrogen) atoms. The van der Waals surface area contributed by atoms with E-state index in [-0.39, 0.29) is 9.92 Å². The van der Waals surface area contributed by atoms with Crippen molar-refractivity contribution < 1.29 is 8.42 Å². The molecule has 0 aliphatic carbocycles. The summed E-state index contributed by atoms with van der Waals surface area (Å²) in [7, 11) is -3.80. The van der Waals surface area contributed by atoms with Crippen molar-refractivity contribution in [1.29, 1.82) is 0 Å². The largest absolute Gasteiger partial charge is 0.279 e. The second kappa shape index (κ2) is 6.92. The van der Waals surface area contributed by atoms with E-state index in [0.717, 1.165) is 26.5 Å². The van der Waals surface area contributed by atoms with Crippen LogP contribution in [-0.2, 0) is 10.0 Å². The fraction of sp³-hybridized carbons (Fsp3) is 0.0526. The number of halogens is 1. The molecule has 4 aromatic rings.